The predicted molar refractivity (Wildman–Crippen MR) is 428 cm³/mol. The van der Waals surface area contributed by atoms with Crippen LogP contribution in [0.1, 0.15) is 447 Å². The van der Waals surface area contributed by atoms with Gasteiger partial charge in [-0.1, -0.05) is 395 Å². The van der Waals surface area contributed by atoms with E-state index in [4.69, 9.17) is 37.0 Å². The van der Waals surface area contributed by atoms with Gasteiger partial charge in [-0.3, -0.25) is 37.3 Å². The molecule has 19 heteroatoms. The quantitative estimate of drug-likeness (QED) is 0.0222. The molecule has 0 saturated carbocycles. The number of carbonyl (C=O) groups is 4. The van der Waals surface area contributed by atoms with E-state index in [1.165, 1.54) is 250 Å². The number of phosphoric ester groups is 2. The zero-order chi connectivity index (χ0) is 76.5. The molecule has 0 spiro atoms. The third-order valence-corrected chi connectivity index (χ3v) is 21.8. The van der Waals surface area contributed by atoms with Crippen molar-refractivity contribution in [3.05, 3.63) is 0 Å². The lowest BCUT2D eigenvalue weighted by Crippen LogP contribution is -2.30. The zero-order valence-corrected chi connectivity index (χ0v) is 70.3. The Morgan fingerprint density at radius 1 is 0.260 bits per heavy atom. The van der Waals surface area contributed by atoms with Crippen LogP contribution in [0.25, 0.3) is 0 Å². The largest absolute Gasteiger partial charge is 0.472 e. The number of hydrogen-bond donors (Lipinski definition) is 3. The number of unbranched alkanes of at least 4 members (excludes halogenated alkanes) is 51. The van der Waals surface area contributed by atoms with Crippen LogP contribution in [-0.2, 0) is 65.4 Å². The van der Waals surface area contributed by atoms with Crippen molar-refractivity contribution < 1.29 is 80.2 Å². The van der Waals surface area contributed by atoms with Crippen LogP contribution in [-0.4, -0.2) is 96.7 Å². The minimum absolute atomic E-state index is 0.105. The summed E-state index contributed by atoms with van der Waals surface area (Å²) >= 11 is 0. The number of carbonyl (C=O) groups excluding carboxylic acids is 4. The molecule has 0 heterocycles. The lowest BCUT2D eigenvalue weighted by atomic mass is 10.0. The van der Waals surface area contributed by atoms with Gasteiger partial charge in [0.2, 0.25) is 0 Å². The van der Waals surface area contributed by atoms with E-state index >= 15 is 0 Å². The van der Waals surface area contributed by atoms with Gasteiger partial charge in [-0.15, -0.1) is 0 Å². The van der Waals surface area contributed by atoms with Crippen molar-refractivity contribution in [2.75, 3.05) is 39.6 Å². The Bertz CT molecular complexity index is 2010. The van der Waals surface area contributed by atoms with Crippen molar-refractivity contribution in [1.29, 1.82) is 0 Å². The molecule has 0 aromatic rings. The van der Waals surface area contributed by atoms with Gasteiger partial charge in [0, 0.05) is 25.7 Å². The molecule has 618 valence electrons. The fraction of sp³-hybridized carbons (Fsp3) is 0.953. The fourth-order valence-corrected chi connectivity index (χ4v) is 14.8. The molecule has 0 bridgehead atoms. The van der Waals surface area contributed by atoms with E-state index in [2.05, 4.69) is 48.5 Å². The van der Waals surface area contributed by atoms with Gasteiger partial charge in [-0.05, 0) is 43.4 Å². The molecule has 0 aliphatic heterocycles. The van der Waals surface area contributed by atoms with Gasteiger partial charge in [-0.2, -0.15) is 0 Å². The van der Waals surface area contributed by atoms with Gasteiger partial charge >= 0.3 is 39.5 Å². The first-order valence-electron chi connectivity index (χ1n) is 43.8. The molecular formula is C85H166O17P2. The van der Waals surface area contributed by atoms with Gasteiger partial charge in [0.1, 0.15) is 19.3 Å². The Labute approximate surface area is 638 Å². The molecule has 0 fully saturated rings. The van der Waals surface area contributed by atoms with Crippen LogP contribution < -0.4 is 0 Å². The average Bonchev–Trinajstić information content (AvgIpc) is 0.920. The maximum absolute atomic E-state index is 13.1. The van der Waals surface area contributed by atoms with Crippen molar-refractivity contribution in [3.63, 3.8) is 0 Å². The smallest absolute Gasteiger partial charge is 0.462 e. The van der Waals surface area contributed by atoms with Crippen LogP contribution in [0.5, 0.6) is 0 Å². The SMILES string of the molecule is CCCCCCCCCCCCCCCCCCCCCCCC(=O)OC[C@H](COP(=O)(O)OC[C@@H](O)COP(=O)(O)OC[C@@H](COC(=O)CCCCCCCCC(C)C)OC(=O)CCCCCCCCCCCCC(C)C)OC(=O)CCCCCCCCCCCCCCCCCCCCC(C)C. The summed E-state index contributed by atoms with van der Waals surface area (Å²) in [5.74, 6) is 0.141. The van der Waals surface area contributed by atoms with E-state index in [0.717, 1.165) is 108 Å². The third kappa shape index (κ3) is 78.2. The summed E-state index contributed by atoms with van der Waals surface area (Å²) in [5, 5.41) is 10.7. The average molecular weight is 1520 g/mol. The number of aliphatic hydroxyl groups is 1. The number of ether oxygens (including phenoxy) is 4. The van der Waals surface area contributed by atoms with E-state index < -0.39 is 97.5 Å². The molecule has 0 aliphatic rings. The highest BCUT2D eigenvalue weighted by molar-refractivity contribution is 7.47. The molecule has 5 atom stereocenters. The minimum atomic E-state index is -4.97. The van der Waals surface area contributed by atoms with Crippen LogP contribution in [0.4, 0.5) is 0 Å². The first kappa shape index (κ1) is 102. The molecule has 0 rings (SSSR count). The highest BCUT2D eigenvalue weighted by Gasteiger charge is 2.30. The number of phosphoric acid groups is 2. The summed E-state index contributed by atoms with van der Waals surface area (Å²) in [5.41, 5.74) is 0. The Morgan fingerprint density at radius 3 is 0.654 bits per heavy atom. The molecule has 0 aromatic carbocycles. The van der Waals surface area contributed by atoms with E-state index in [-0.39, 0.29) is 25.7 Å². The monoisotopic (exact) mass is 1520 g/mol. The number of hydrogen-bond acceptors (Lipinski definition) is 15. The first-order chi connectivity index (χ1) is 50.2. The normalized spacial score (nSPS) is 13.9. The predicted octanol–water partition coefficient (Wildman–Crippen LogP) is 25.7. The van der Waals surface area contributed by atoms with Crippen LogP contribution >= 0.6 is 15.6 Å². The summed E-state index contributed by atoms with van der Waals surface area (Å²) in [4.78, 5) is 73.1. The van der Waals surface area contributed by atoms with E-state index in [1.807, 2.05) is 0 Å². The number of esters is 4. The molecule has 2 unspecified atom stereocenters. The summed E-state index contributed by atoms with van der Waals surface area (Å²) in [7, 11) is -9.92. The van der Waals surface area contributed by atoms with Crippen LogP contribution in [0.2, 0.25) is 0 Å². The molecule has 0 aromatic heterocycles. The number of rotatable bonds is 83. The van der Waals surface area contributed by atoms with E-state index in [9.17, 15) is 43.2 Å². The molecule has 104 heavy (non-hydrogen) atoms. The Morgan fingerprint density at radius 2 is 0.442 bits per heavy atom. The van der Waals surface area contributed by atoms with E-state index in [1.54, 1.807) is 0 Å². The first-order valence-corrected chi connectivity index (χ1v) is 46.8. The summed E-state index contributed by atoms with van der Waals surface area (Å²) in [6.45, 7) is 11.9. The maximum Gasteiger partial charge on any atom is 0.472 e. The Hall–Kier alpha value is -1.94. The van der Waals surface area contributed by atoms with Gasteiger partial charge in [0.15, 0.2) is 12.2 Å². The lowest BCUT2D eigenvalue weighted by Gasteiger charge is -2.21. The van der Waals surface area contributed by atoms with E-state index in [0.29, 0.717) is 31.6 Å². The third-order valence-electron chi connectivity index (χ3n) is 19.9. The van der Waals surface area contributed by atoms with Gasteiger partial charge in [0.05, 0.1) is 26.4 Å². The lowest BCUT2D eigenvalue weighted by molar-refractivity contribution is -0.161. The number of aliphatic hydroxyl groups excluding tert-OH is 1. The summed E-state index contributed by atoms with van der Waals surface area (Å²) in [6.07, 6.45) is 65.7. The maximum atomic E-state index is 13.1. The van der Waals surface area contributed by atoms with Crippen molar-refractivity contribution in [2.24, 2.45) is 17.8 Å². The molecule has 0 aliphatic carbocycles. The van der Waals surface area contributed by atoms with Gasteiger partial charge in [-0.25, -0.2) is 9.13 Å². The van der Waals surface area contributed by atoms with Crippen molar-refractivity contribution in [2.45, 2.75) is 465 Å². The molecule has 0 saturated heterocycles. The second kappa shape index (κ2) is 75.1. The highest BCUT2D eigenvalue weighted by atomic mass is 31.2. The Balaban J connectivity index is 5.19. The topological polar surface area (TPSA) is 237 Å². The van der Waals surface area contributed by atoms with Crippen LogP contribution in [0.15, 0.2) is 0 Å². The Kier molecular flexibility index (Phi) is 73.7. The van der Waals surface area contributed by atoms with Crippen LogP contribution in [0.3, 0.4) is 0 Å². The highest BCUT2D eigenvalue weighted by Crippen LogP contribution is 2.45. The van der Waals surface area contributed by atoms with Crippen molar-refractivity contribution in [3.8, 4) is 0 Å². The molecule has 0 radical (unpaired) electrons. The second-order valence-corrected chi connectivity index (χ2v) is 34.9. The van der Waals surface area contributed by atoms with Gasteiger partial charge < -0.3 is 33.8 Å². The standard InChI is InChI=1S/C85H166O17P2/c1-8-9-10-11-12-13-14-15-16-17-18-19-20-24-27-30-33-39-44-52-59-66-82(87)95-72-80(101-84(89)68-61-54-45-40-34-31-28-25-22-21-23-26-29-32-37-42-49-56-63-76(2)3)74-99-103(91,92)97-70-79(86)71-98-104(93,94)100-75-81(73-96-83(88)67-60-53-48-47-51-58-65-78(6)7)102-85(90)69-62-55-46-41-36-35-38-43-50-57-64-77(4)5/h76-81,86H,8-75H2,1-7H3,(H,91,92)(H,93,94)/t79-,80-,81-/m1/s1. The fourth-order valence-electron chi connectivity index (χ4n) is 13.2. The summed E-state index contributed by atoms with van der Waals surface area (Å²) < 4.78 is 68.8. The van der Waals surface area contributed by atoms with Crippen LogP contribution in [0, 0.1) is 17.8 Å². The van der Waals surface area contributed by atoms with Crippen molar-refractivity contribution in [1.82, 2.24) is 0 Å². The van der Waals surface area contributed by atoms with Crippen molar-refractivity contribution >= 4 is 39.5 Å². The summed E-state index contributed by atoms with van der Waals surface area (Å²) in [6, 6.07) is 0. The minimum Gasteiger partial charge on any atom is -0.462 e. The van der Waals surface area contributed by atoms with Gasteiger partial charge in [0.25, 0.3) is 0 Å². The molecule has 17 nitrogen and oxygen atoms in total. The zero-order valence-electron chi connectivity index (χ0n) is 68.5. The molecule has 0 amide bonds. The second-order valence-electron chi connectivity index (χ2n) is 32.0. The molecular weight excluding hydrogens is 1350 g/mol. The molecule has 3 N–H and O–H groups in total.